The first-order valence-electron chi connectivity index (χ1n) is 9.81. The molecule has 0 amide bonds. The van der Waals surface area contributed by atoms with Crippen molar-refractivity contribution >= 4 is 40.6 Å². The average Bonchev–Trinajstić information content (AvgIpc) is 3.07. The van der Waals surface area contributed by atoms with Gasteiger partial charge in [0.1, 0.15) is 24.0 Å². The van der Waals surface area contributed by atoms with E-state index in [0.29, 0.717) is 11.4 Å². The molecule has 0 fully saturated rings. The zero-order chi connectivity index (χ0) is 24.7. The Labute approximate surface area is 207 Å². The topological polar surface area (TPSA) is 36.9 Å². The minimum absolute atomic E-state index is 0.0126. The highest BCUT2D eigenvalue weighted by molar-refractivity contribution is 6.33. The van der Waals surface area contributed by atoms with E-state index in [1.54, 1.807) is 36.3 Å². The molecule has 4 rings (SSSR count). The zero-order valence-corrected chi connectivity index (χ0v) is 19.7. The van der Waals surface area contributed by atoms with Crippen molar-refractivity contribution < 1.29 is 22.3 Å². The maximum absolute atomic E-state index is 14.4. The standard InChI is InChI=1S/C23H16Cl3F4N3O/c1-33-21(31-22(26,32-33)20-16(24)3-2-4-18(20)27)14-7-5-13(6-8-14)12-34-19-10-9-15(11-17(19)25)23(28,29)30/h2-11,32H,12H2,1H3. The van der Waals surface area contributed by atoms with Crippen molar-refractivity contribution in [1.82, 2.24) is 10.4 Å². The first kappa shape index (κ1) is 24.6. The molecule has 1 aliphatic heterocycles. The fraction of sp³-hybridized carbons (Fsp3) is 0.174. The second-order valence-electron chi connectivity index (χ2n) is 7.45. The SMILES string of the molecule is CN1NC(Cl)(c2c(F)cccc2Cl)N=C1c1ccc(COc2ccc(C(F)(F)F)cc2Cl)cc1. The van der Waals surface area contributed by atoms with Crippen LogP contribution in [0.2, 0.25) is 10.0 Å². The van der Waals surface area contributed by atoms with Gasteiger partial charge in [0.2, 0.25) is 5.12 Å². The Balaban J connectivity index is 1.50. The molecule has 34 heavy (non-hydrogen) atoms. The summed E-state index contributed by atoms with van der Waals surface area (Å²) in [5.74, 6) is -0.00747. The first-order chi connectivity index (χ1) is 16.0. The van der Waals surface area contributed by atoms with E-state index in [1.807, 2.05) is 0 Å². The maximum Gasteiger partial charge on any atom is 0.416 e. The number of aliphatic imine (C=N–C) groups is 1. The van der Waals surface area contributed by atoms with Crippen molar-refractivity contribution in [2.45, 2.75) is 17.9 Å². The van der Waals surface area contributed by atoms with Crippen molar-refractivity contribution in [3.8, 4) is 5.75 Å². The number of ether oxygens (including phenoxy) is 1. The molecule has 3 aromatic rings. The highest BCUT2D eigenvalue weighted by Gasteiger charge is 2.41. The third kappa shape index (κ3) is 4.95. The summed E-state index contributed by atoms with van der Waals surface area (Å²) in [5, 5.41) is -0.0586. The molecule has 1 N–H and O–H groups in total. The summed E-state index contributed by atoms with van der Waals surface area (Å²) < 4.78 is 58.3. The van der Waals surface area contributed by atoms with Gasteiger partial charge in [-0.25, -0.2) is 9.38 Å². The van der Waals surface area contributed by atoms with E-state index in [1.165, 1.54) is 24.3 Å². The van der Waals surface area contributed by atoms with Crippen molar-refractivity contribution in [2.24, 2.45) is 4.99 Å². The van der Waals surface area contributed by atoms with Crippen molar-refractivity contribution in [3.63, 3.8) is 0 Å². The summed E-state index contributed by atoms with van der Waals surface area (Å²) in [5.41, 5.74) is 3.49. The van der Waals surface area contributed by atoms with Crippen LogP contribution in [0.1, 0.15) is 22.3 Å². The van der Waals surface area contributed by atoms with Gasteiger partial charge >= 0.3 is 6.18 Å². The molecule has 0 saturated carbocycles. The number of alkyl halides is 4. The number of hydrazine groups is 1. The number of amidine groups is 1. The predicted octanol–water partition coefficient (Wildman–Crippen LogP) is 6.98. The van der Waals surface area contributed by atoms with Crippen molar-refractivity contribution in [3.05, 3.63) is 98.8 Å². The highest BCUT2D eigenvalue weighted by Crippen LogP contribution is 2.39. The van der Waals surface area contributed by atoms with Crippen molar-refractivity contribution in [2.75, 3.05) is 7.05 Å². The summed E-state index contributed by atoms with van der Waals surface area (Å²) in [7, 11) is 1.68. The molecule has 0 bridgehead atoms. The monoisotopic (exact) mass is 531 g/mol. The Bertz CT molecular complexity index is 1230. The van der Waals surface area contributed by atoms with Gasteiger partial charge in [0, 0.05) is 12.6 Å². The largest absolute Gasteiger partial charge is 0.487 e. The predicted molar refractivity (Wildman–Crippen MR) is 124 cm³/mol. The lowest BCUT2D eigenvalue weighted by atomic mass is 10.1. The molecule has 1 heterocycles. The van der Waals surface area contributed by atoms with Crippen LogP contribution in [0.25, 0.3) is 0 Å². The number of halogens is 7. The maximum atomic E-state index is 14.4. The number of hydrogen-bond donors (Lipinski definition) is 1. The van der Waals surface area contributed by atoms with Crippen LogP contribution in [0, 0.1) is 5.82 Å². The van der Waals surface area contributed by atoms with Crippen LogP contribution in [-0.2, 0) is 17.9 Å². The van der Waals surface area contributed by atoms with Gasteiger partial charge in [-0.2, -0.15) is 18.6 Å². The second kappa shape index (κ2) is 9.26. The Morgan fingerprint density at radius 3 is 2.35 bits per heavy atom. The normalized spacial score (nSPS) is 18.2. The minimum Gasteiger partial charge on any atom is -0.487 e. The fourth-order valence-electron chi connectivity index (χ4n) is 3.41. The van der Waals surface area contributed by atoms with Crippen LogP contribution in [0.5, 0.6) is 5.75 Å². The molecular weight excluding hydrogens is 517 g/mol. The molecule has 1 unspecified atom stereocenters. The summed E-state index contributed by atoms with van der Waals surface area (Å²) in [6.45, 7) is 0.0796. The van der Waals surface area contributed by atoms with E-state index in [-0.39, 0.29) is 28.0 Å². The third-order valence-electron chi connectivity index (χ3n) is 5.05. The summed E-state index contributed by atoms with van der Waals surface area (Å²) >= 11 is 18.7. The van der Waals surface area contributed by atoms with Crippen LogP contribution in [-0.4, -0.2) is 17.9 Å². The van der Waals surface area contributed by atoms with E-state index in [9.17, 15) is 17.6 Å². The Hall–Kier alpha value is -2.52. The number of nitrogens with one attached hydrogen (secondary N) is 1. The molecule has 0 spiro atoms. The van der Waals surface area contributed by atoms with Gasteiger partial charge in [-0.3, -0.25) is 5.01 Å². The van der Waals surface area contributed by atoms with E-state index in [2.05, 4.69) is 10.4 Å². The molecule has 1 atom stereocenters. The van der Waals surface area contributed by atoms with Gasteiger partial charge in [-0.1, -0.05) is 65.1 Å². The van der Waals surface area contributed by atoms with Gasteiger partial charge in [0.25, 0.3) is 0 Å². The smallest absolute Gasteiger partial charge is 0.416 e. The number of nitrogens with zero attached hydrogens (tertiary/aromatic N) is 2. The Morgan fingerprint density at radius 1 is 1.03 bits per heavy atom. The highest BCUT2D eigenvalue weighted by atomic mass is 35.5. The van der Waals surface area contributed by atoms with Gasteiger partial charge in [0.15, 0.2) is 0 Å². The van der Waals surface area contributed by atoms with Crippen LogP contribution in [0.15, 0.2) is 65.7 Å². The molecule has 0 aliphatic carbocycles. The number of benzene rings is 3. The lowest BCUT2D eigenvalue weighted by Crippen LogP contribution is -2.42. The van der Waals surface area contributed by atoms with Crippen LogP contribution in [0.4, 0.5) is 17.6 Å². The van der Waals surface area contributed by atoms with E-state index in [4.69, 9.17) is 39.5 Å². The lowest BCUT2D eigenvalue weighted by Gasteiger charge is -2.23. The molecule has 0 radical (unpaired) electrons. The number of rotatable bonds is 5. The van der Waals surface area contributed by atoms with Crippen molar-refractivity contribution in [1.29, 1.82) is 0 Å². The molecule has 0 saturated heterocycles. The van der Waals surface area contributed by atoms with Crippen LogP contribution in [0.3, 0.4) is 0 Å². The van der Waals surface area contributed by atoms with Crippen LogP contribution >= 0.6 is 34.8 Å². The summed E-state index contributed by atoms with van der Waals surface area (Å²) in [4.78, 5) is 4.46. The molecule has 3 aromatic carbocycles. The second-order valence-corrected chi connectivity index (χ2v) is 8.81. The average molecular weight is 533 g/mol. The quantitative estimate of drug-likeness (QED) is 0.219. The van der Waals surface area contributed by atoms with E-state index in [0.717, 1.165) is 17.7 Å². The zero-order valence-electron chi connectivity index (χ0n) is 17.4. The van der Waals surface area contributed by atoms with Gasteiger partial charge < -0.3 is 4.74 Å². The van der Waals surface area contributed by atoms with Crippen LogP contribution < -0.4 is 10.2 Å². The molecule has 11 heteroatoms. The van der Waals surface area contributed by atoms with Gasteiger partial charge in [-0.05, 0) is 35.9 Å². The lowest BCUT2D eigenvalue weighted by molar-refractivity contribution is -0.137. The van der Waals surface area contributed by atoms with Gasteiger partial charge in [0.05, 0.1) is 21.2 Å². The summed E-state index contributed by atoms with van der Waals surface area (Å²) in [6.07, 6.45) is -4.48. The van der Waals surface area contributed by atoms with Gasteiger partial charge in [-0.15, -0.1) is 0 Å². The third-order valence-corrected chi connectivity index (χ3v) is 6.02. The Morgan fingerprint density at radius 2 is 1.74 bits per heavy atom. The molecule has 178 valence electrons. The molecule has 4 nitrogen and oxygen atoms in total. The first-order valence-corrected chi connectivity index (χ1v) is 10.9. The molecule has 1 aliphatic rings. The fourth-order valence-corrected chi connectivity index (χ4v) is 4.39. The minimum atomic E-state index is -4.48. The Kier molecular flexibility index (Phi) is 6.70. The molecular formula is C23H16Cl3F4N3O. The summed E-state index contributed by atoms with van der Waals surface area (Å²) in [6, 6.07) is 14.2. The number of hydrogen-bond acceptors (Lipinski definition) is 4. The van der Waals surface area contributed by atoms with E-state index >= 15 is 0 Å². The molecule has 0 aromatic heterocycles. The van der Waals surface area contributed by atoms with E-state index < -0.39 is 22.7 Å².